The fraction of sp³-hybridized carbons (Fsp3) is 0.0625. The van der Waals surface area contributed by atoms with Gasteiger partial charge in [0, 0.05) is 5.56 Å². The van der Waals surface area contributed by atoms with E-state index in [0.29, 0.717) is 16.8 Å². The van der Waals surface area contributed by atoms with Crippen molar-refractivity contribution < 1.29 is 18.3 Å². The van der Waals surface area contributed by atoms with Gasteiger partial charge in [0.1, 0.15) is 11.8 Å². The van der Waals surface area contributed by atoms with Crippen LogP contribution < -0.4 is 9.47 Å². The molecule has 0 aliphatic carbocycles. The molecule has 8 heteroatoms. The van der Waals surface area contributed by atoms with Crippen molar-refractivity contribution in [3.8, 4) is 40.0 Å². The zero-order valence-corrected chi connectivity index (χ0v) is 12.0. The average molecular weight is 326 g/mol. The third-order valence-electron chi connectivity index (χ3n) is 3.52. The minimum absolute atomic E-state index is 0.0110. The quantitative estimate of drug-likeness (QED) is 0.781. The summed E-state index contributed by atoms with van der Waals surface area (Å²) in [6.45, 7) is 0. The summed E-state index contributed by atoms with van der Waals surface area (Å²) in [6, 6.07) is 13.7. The van der Waals surface area contributed by atoms with Crippen LogP contribution in [0, 0.1) is 11.3 Å². The van der Waals surface area contributed by atoms with Crippen LogP contribution in [0.5, 0.6) is 11.5 Å². The van der Waals surface area contributed by atoms with Gasteiger partial charge >= 0.3 is 6.29 Å². The Kier molecular flexibility index (Phi) is 2.96. The smallest absolute Gasteiger partial charge is 0.395 e. The monoisotopic (exact) mass is 326 g/mol. The zero-order chi connectivity index (χ0) is 16.7. The Morgan fingerprint density at radius 1 is 0.958 bits per heavy atom. The summed E-state index contributed by atoms with van der Waals surface area (Å²) >= 11 is 0. The van der Waals surface area contributed by atoms with Crippen molar-refractivity contribution in [1.29, 1.82) is 5.26 Å². The van der Waals surface area contributed by atoms with Gasteiger partial charge in [0.15, 0.2) is 17.2 Å². The molecule has 0 atom stereocenters. The van der Waals surface area contributed by atoms with Crippen molar-refractivity contribution in [2.75, 3.05) is 0 Å². The van der Waals surface area contributed by atoms with Gasteiger partial charge in [-0.15, -0.1) is 13.9 Å². The molecule has 0 radical (unpaired) electrons. The van der Waals surface area contributed by atoms with Crippen molar-refractivity contribution in [2.24, 2.45) is 0 Å². The van der Waals surface area contributed by atoms with Gasteiger partial charge in [0.25, 0.3) is 0 Å². The Morgan fingerprint density at radius 3 is 2.54 bits per heavy atom. The van der Waals surface area contributed by atoms with E-state index in [1.807, 2.05) is 12.1 Å². The maximum atomic E-state index is 13.1. The van der Waals surface area contributed by atoms with Crippen molar-refractivity contribution in [3.63, 3.8) is 0 Å². The predicted octanol–water partition coefficient (Wildman–Crippen LogP) is 3.33. The topological polar surface area (TPSA) is 83.8 Å². The molecule has 2 heterocycles. The number of halogens is 2. The van der Waals surface area contributed by atoms with Gasteiger partial charge in [0.05, 0.1) is 0 Å². The molecule has 0 spiro atoms. The zero-order valence-electron chi connectivity index (χ0n) is 12.0. The molecule has 6 nitrogen and oxygen atoms in total. The number of H-pyrrole nitrogens is 1. The van der Waals surface area contributed by atoms with Gasteiger partial charge in [-0.1, -0.05) is 24.3 Å². The number of ether oxygens (including phenoxy) is 2. The highest BCUT2D eigenvalue weighted by molar-refractivity contribution is 5.74. The highest BCUT2D eigenvalue weighted by Gasteiger charge is 2.43. The van der Waals surface area contributed by atoms with Crippen LogP contribution in [0.2, 0.25) is 0 Å². The lowest BCUT2D eigenvalue weighted by atomic mass is 10.0. The number of hydrogen-bond acceptors (Lipinski definition) is 5. The van der Waals surface area contributed by atoms with E-state index in [1.54, 1.807) is 24.3 Å². The second kappa shape index (κ2) is 5.03. The molecule has 0 unspecified atom stereocenters. The minimum Gasteiger partial charge on any atom is -0.395 e. The lowest BCUT2D eigenvalue weighted by molar-refractivity contribution is -0.286. The first kappa shape index (κ1) is 14.1. The second-order valence-electron chi connectivity index (χ2n) is 5.04. The van der Waals surface area contributed by atoms with Crippen LogP contribution in [-0.4, -0.2) is 21.7 Å². The van der Waals surface area contributed by atoms with Gasteiger partial charge in [-0.05, 0) is 29.3 Å². The van der Waals surface area contributed by atoms with E-state index in [2.05, 4.69) is 24.9 Å². The normalized spacial score (nSPS) is 14.4. The second-order valence-corrected chi connectivity index (χ2v) is 5.04. The Morgan fingerprint density at radius 2 is 1.71 bits per heavy atom. The molecule has 1 aliphatic rings. The molecular weight excluding hydrogens is 318 g/mol. The predicted molar refractivity (Wildman–Crippen MR) is 78.2 cm³/mol. The van der Waals surface area contributed by atoms with Gasteiger partial charge in [0.2, 0.25) is 0 Å². The SMILES string of the molecule is N#Cc1n[nH]nc1-c1cccc(-c2ccc3c(c2)OC(F)(F)O3)c1. The summed E-state index contributed by atoms with van der Waals surface area (Å²) in [5, 5.41) is 19.2. The molecule has 0 bridgehead atoms. The fourth-order valence-electron chi connectivity index (χ4n) is 2.48. The Hall–Kier alpha value is -3.47. The first-order valence-electron chi connectivity index (χ1n) is 6.87. The van der Waals surface area contributed by atoms with Gasteiger partial charge in [-0.25, -0.2) is 0 Å². The van der Waals surface area contributed by atoms with Crippen LogP contribution in [0.4, 0.5) is 8.78 Å². The molecule has 4 rings (SSSR count). The molecular formula is C16H8F2N4O2. The lowest BCUT2D eigenvalue weighted by Crippen LogP contribution is -2.25. The number of fused-ring (bicyclic) bond motifs is 1. The number of aromatic nitrogens is 3. The molecule has 3 aromatic rings. The number of nitrogens with one attached hydrogen (secondary N) is 1. The molecule has 1 aromatic heterocycles. The Balaban J connectivity index is 1.74. The molecule has 2 aromatic carbocycles. The van der Waals surface area contributed by atoms with Crippen molar-refractivity contribution >= 4 is 0 Å². The number of nitriles is 1. The summed E-state index contributed by atoms with van der Waals surface area (Å²) in [7, 11) is 0. The van der Waals surface area contributed by atoms with Crippen LogP contribution in [0.1, 0.15) is 5.69 Å². The number of benzene rings is 2. The van der Waals surface area contributed by atoms with Gasteiger partial charge in [-0.2, -0.15) is 15.6 Å². The van der Waals surface area contributed by atoms with Gasteiger partial charge in [-0.3, -0.25) is 0 Å². The van der Waals surface area contributed by atoms with Crippen LogP contribution >= 0.6 is 0 Å². The molecule has 1 aliphatic heterocycles. The maximum Gasteiger partial charge on any atom is 0.586 e. The summed E-state index contributed by atoms with van der Waals surface area (Å²) in [4.78, 5) is 0. The van der Waals surface area contributed by atoms with Crippen molar-refractivity contribution in [3.05, 3.63) is 48.2 Å². The number of alkyl halides is 2. The highest BCUT2D eigenvalue weighted by Crippen LogP contribution is 2.43. The Labute approximate surface area is 134 Å². The Bertz CT molecular complexity index is 978. The van der Waals surface area contributed by atoms with E-state index in [-0.39, 0.29) is 17.2 Å². The minimum atomic E-state index is -3.65. The number of rotatable bonds is 2. The molecule has 118 valence electrons. The number of hydrogen-bond donors (Lipinski definition) is 1. The summed E-state index contributed by atoms with van der Waals surface area (Å²) in [5.74, 6) is -0.0368. The van der Waals surface area contributed by atoms with Crippen LogP contribution in [0.3, 0.4) is 0 Å². The van der Waals surface area contributed by atoms with E-state index in [9.17, 15) is 8.78 Å². The van der Waals surface area contributed by atoms with E-state index < -0.39 is 6.29 Å². The fourth-order valence-corrected chi connectivity index (χ4v) is 2.48. The standard InChI is InChI=1S/C16H8F2N4O2/c17-16(18)23-13-5-4-10(7-14(13)24-16)9-2-1-3-11(6-9)15-12(8-19)20-22-21-15/h1-7H,(H,20,21,22). The highest BCUT2D eigenvalue weighted by atomic mass is 19.3. The summed E-state index contributed by atoms with van der Waals surface area (Å²) in [5.41, 5.74) is 2.70. The number of aromatic amines is 1. The third-order valence-corrected chi connectivity index (χ3v) is 3.52. The van der Waals surface area contributed by atoms with Crippen LogP contribution in [0.15, 0.2) is 42.5 Å². The first-order chi connectivity index (χ1) is 11.6. The molecule has 0 saturated heterocycles. The molecule has 0 saturated carbocycles. The molecule has 1 N–H and O–H groups in total. The van der Waals surface area contributed by atoms with Crippen molar-refractivity contribution in [2.45, 2.75) is 6.29 Å². The lowest BCUT2D eigenvalue weighted by Gasteiger charge is -2.05. The molecule has 0 amide bonds. The maximum absolute atomic E-state index is 13.1. The molecule has 24 heavy (non-hydrogen) atoms. The average Bonchev–Trinajstić information content (AvgIpc) is 3.16. The van der Waals surface area contributed by atoms with E-state index in [4.69, 9.17) is 5.26 Å². The van der Waals surface area contributed by atoms with Crippen LogP contribution in [-0.2, 0) is 0 Å². The van der Waals surface area contributed by atoms with E-state index >= 15 is 0 Å². The van der Waals surface area contributed by atoms with E-state index in [1.165, 1.54) is 12.1 Å². The summed E-state index contributed by atoms with van der Waals surface area (Å²) in [6.07, 6.45) is -3.65. The van der Waals surface area contributed by atoms with Crippen molar-refractivity contribution in [1.82, 2.24) is 15.4 Å². The van der Waals surface area contributed by atoms with Crippen LogP contribution in [0.25, 0.3) is 22.4 Å². The number of nitrogens with zero attached hydrogens (tertiary/aromatic N) is 3. The van der Waals surface area contributed by atoms with E-state index in [0.717, 1.165) is 5.56 Å². The summed E-state index contributed by atoms with van der Waals surface area (Å²) < 4.78 is 35.1. The molecule has 0 fully saturated rings. The first-order valence-corrected chi connectivity index (χ1v) is 6.87. The van der Waals surface area contributed by atoms with Gasteiger partial charge < -0.3 is 9.47 Å². The largest absolute Gasteiger partial charge is 0.586 e. The third kappa shape index (κ3) is 2.32.